The SMILES string of the molecule is CC(C)(C)OC(=O)N1CCN(c2ncc(F)c(C(=O)NN)n2)CC1. The molecule has 0 atom stereocenters. The molecular weight excluding hydrogens is 319 g/mol. The molecule has 1 aliphatic rings. The van der Waals surface area contributed by atoms with Crippen molar-refractivity contribution < 1.29 is 18.7 Å². The van der Waals surface area contributed by atoms with E-state index in [1.165, 1.54) is 0 Å². The van der Waals surface area contributed by atoms with Crippen LogP contribution in [0, 0.1) is 5.82 Å². The minimum absolute atomic E-state index is 0.207. The van der Waals surface area contributed by atoms with Gasteiger partial charge in [-0.3, -0.25) is 10.2 Å². The summed E-state index contributed by atoms with van der Waals surface area (Å²) < 4.78 is 18.9. The maximum absolute atomic E-state index is 13.6. The smallest absolute Gasteiger partial charge is 0.410 e. The summed E-state index contributed by atoms with van der Waals surface area (Å²) in [6.07, 6.45) is 0.540. The molecule has 2 rings (SSSR count). The number of nitrogen functional groups attached to an aromatic ring is 1. The summed E-state index contributed by atoms with van der Waals surface area (Å²) in [6, 6.07) is 0. The van der Waals surface area contributed by atoms with Crippen LogP contribution in [-0.4, -0.2) is 58.6 Å². The summed E-state index contributed by atoms with van der Waals surface area (Å²) in [5.41, 5.74) is 0.863. The van der Waals surface area contributed by atoms with E-state index in [0.717, 1.165) is 6.20 Å². The number of anilines is 1. The third kappa shape index (κ3) is 4.28. The number of halogens is 1. The predicted molar refractivity (Wildman–Crippen MR) is 83.7 cm³/mol. The van der Waals surface area contributed by atoms with Gasteiger partial charge in [-0.1, -0.05) is 0 Å². The van der Waals surface area contributed by atoms with Gasteiger partial charge in [-0.2, -0.15) is 0 Å². The molecule has 0 saturated carbocycles. The Morgan fingerprint density at radius 2 is 1.92 bits per heavy atom. The van der Waals surface area contributed by atoms with Crippen molar-refractivity contribution in [3.05, 3.63) is 17.7 Å². The molecule has 0 aliphatic carbocycles. The zero-order valence-corrected chi connectivity index (χ0v) is 13.9. The minimum atomic E-state index is -0.853. The lowest BCUT2D eigenvalue weighted by Gasteiger charge is -2.35. The molecule has 1 aromatic rings. The molecular formula is C14H21FN6O3. The molecule has 1 saturated heterocycles. The van der Waals surface area contributed by atoms with Crippen LogP contribution in [-0.2, 0) is 4.74 Å². The Labute approximate surface area is 138 Å². The zero-order valence-electron chi connectivity index (χ0n) is 13.9. The summed E-state index contributed by atoms with van der Waals surface area (Å²) >= 11 is 0. The molecule has 0 spiro atoms. The highest BCUT2D eigenvalue weighted by molar-refractivity contribution is 5.92. The van der Waals surface area contributed by atoms with Crippen LogP contribution in [0.25, 0.3) is 0 Å². The summed E-state index contributed by atoms with van der Waals surface area (Å²) in [6.45, 7) is 7.11. The van der Waals surface area contributed by atoms with E-state index in [0.29, 0.717) is 26.2 Å². The van der Waals surface area contributed by atoms with Gasteiger partial charge in [0.25, 0.3) is 5.91 Å². The number of ether oxygens (including phenoxy) is 1. The number of carbonyl (C=O) groups is 2. The van der Waals surface area contributed by atoms with E-state index >= 15 is 0 Å². The molecule has 0 bridgehead atoms. The average molecular weight is 340 g/mol. The number of hydrogen-bond donors (Lipinski definition) is 2. The summed E-state index contributed by atoms with van der Waals surface area (Å²) in [5, 5.41) is 0. The van der Waals surface area contributed by atoms with Gasteiger partial charge in [0, 0.05) is 26.2 Å². The first-order valence-corrected chi connectivity index (χ1v) is 7.47. The maximum Gasteiger partial charge on any atom is 0.410 e. The standard InChI is InChI=1S/C14H21FN6O3/c1-14(2,3)24-13(23)21-6-4-20(5-7-21)12-17-8-9(15)10(18-12)11(22)19-16/h8H,4-7,16H2,1-3H3,(H,19,22). The number of rotatable bonds is 2. The van der Waals surface area contributed by atoms with E-state index in [4.69, 9.17) is 10.6 Å². The second kappa shape index (κ2) is 6.95. The molecule has 1 aromatic heterocycles. The third-order valence-electron chi connectivity index (χ3n) is 3.29. The highest BCUT2D eigenvalue weighted by Crippen LogP contribution is 2.16. The number of amides is 2. The van der Waals surface area contributed by atoms with Gasteiger partial charge in [-0.25, -0.2) is 25.0 Å². The van der Waals surface area contributed by atoms with Gasteiger partial charge in [0.1, 0.15) is 5.60 Å². The number of nitrogens with zero attached hydrogens (tertiary/aromatic N) is 4. The molecule has 9 nitrogen and oxygen atoms in total. The van der Waals surface area contributed by atoms with E-state index in [-0.39, 0.29) is 12.0 Å². The largest absolute Gasteiger partial charge is 0.444 e. The molecule has 10 heteroatoms. The number of aromatic nitrogens is 2. The first-order valence-electron chi connectivity index (χ1n) is 7.47. The second-order valence-electron chi connectivity index (χ2n) is 6.29. The van der Waals surface area contributed by atoms with Crippen LogP contribution in [0.5, 0.6) is 0 Å². The van der Waals surface area contributed by atoms with Gasteiger partial charge < -0.3 is 14.5 Å². The van der Waals surface area contributed by atoms with Crippen molar-refractivity contribution >= 4 is 17.9 Å². The fourth-order valence-corrected chi connectivity index (χ4v) is 2.15. The fraction of sp³-hybridized carbons (Fsp3) is 0.571. The van der Waals surface area contributed by atoms with Gasteiger partial charge in [0.2, 0.25) is 5.95 Å². The van der Waals surface area contributed by atoms with Crippen molar-refractivity contribution in [2.24, 2.45) is 5.84 Å². The van der Waals surface area contributed by atoms with E-state index in [1.54, 1.807) is 30.6 Å². The Bertz CT molecular complexity index is 625. The topological polar surface area (TPSA) is 114 Å². The van der Waals surface area contributed by atoms with Gasteiger partial charge in [-0.05, 0) is 20.8 Å². The van der Waals surface area contributed by atoms with E-state index in [1.807, 2.05) is 5.43 Å². The van der Waals surface area contributed by atoms with Crippen LogP contribution in [0.15, 0.2) is 6.20 Å². The molecule has 3 N–H and O–H groups in total. The van der Waals surface area contributed by atoms with Crippen LogP contribution in [0.3, 0.4) is 0 Å². The van der Waals surface area contributed by atoms with Crippen LogP contribution in [0.1, 0.15) is 31.3 Å². The fourth-order valence-electron chi connectivity index (χ4n) is 2.15. The van der Waals surface area contributed by atoms with Crippen LogP contribution in [0.4, 0.5) is 15.1 Å². The van der Waals surface area contributed by atoms with Gasteiger partial charge in [-0.15, -0.1) is 0 Å². The number of hydrogen-bond acceptors (Lipinski definition) is 7. The predicted octanol–water partition coefficient (Wildman–Crippen LogP) is 0.276. The number of nitrogens with one attached hydrogen (secondary N) is 1. The van der Waals surface area contributed by atoms with E-state index in [9.17, 15) is 14.0 Å². The number of piperazine rings is 1. The Balaban J connectivity index is 2.02. The van der Waals surface area contributed by atoms with Gasteiger partial charge in [0.05, 0.1) is 6.20 Å². The number of nitrogens with two attached hydrogens (primary N) is 1. The van der Waals surface area contributed by atoms with Crippen molar-refractivity contribution in [2.45, 2.75) is 26.4 Å². The molecule has 0 unspecified atom stereocenters. The van der Waals surface area contributed by atoms with Crippen LogP contribution >= 0.6 is 0 Å². The van der Waals surface area contributed by atoms with Crippen LogP contribution in [0.2, 0.25) is 0 Å². The molecule has 0 aromatic carbocycles. The van der Waals surface area contributed by atoms with Crippen molar-refractivity contribution in [3.8, 4) is 0 Å². The van der Waals surface area contributed by atoms with Gasteiger partial charge in [0.15, 0.2) is 11.5 Å². The number of hydrazine groups is 1. The Morgan fingerprint density at radius 3 is 2.46 bits per heavy atom. The average Bonchev–Trinajstić information content (AvgIpc) is 2.53. The normalized spacial score (nSPS) is 15.2. The molecule has 2 heterocycles. The summed E-state index contributed by atoms with van der Waals surface area (Å²) in [7, 11) is 0. The number of carbonyl (C=O) groups excluding carboxylic acids is 2. The lowest BCUT2D eigenvalue weighted by atomic mass is 10.2. The van der Waals surface area contributed by atoms with Crippen molar-refractivity contribution in [1.29, 1.82) is 0 Å². The van der Waals surface area contributed by atoms with Crippen LogP contribution < -0.4 is 16.2 Å². The first-order chi connectivity index (χ1) is 11.2. The Hall–Kier alpha value is -2.49. The van der Waals surface area contributed by atoms with Gasteiger partial charge >= 0.3 is 6.09 Å². The van der Waals surface area contributed by atoms with Crippen molar-refractivity contribution in [3.63, 3.8) is 0 Å². The second-order valence-corrected chi connectivity index (χ2v) is 6.29. The lowest BCUT2D eigenvalue weighted by Crippen LogP contribution is -2.50. The monoisotopic (exact) mass is 340 g/mol. The third-order valence-corrected chi connectivity index (χ3v) is 3.29. The minimum Gasteiger partial charge on any atom is -0.444 e. The molecule has 0 radical (unpaired) electrons. The highest BCUT2D eigenvalue weighted by Gasteiger charge is 2.27. The van der Waals surface area contributed by atoms with E-state index < -0.39 is 23.0 Å². The zero-order chi connectivity index (χ0) is 17.9. The van der Waals surface area contributed by atoms with Crippen molar-refractivity contribution in [2.75, 3.05) is 31.1 Å². The maximum atomic E-state index is 13.6. The quantitative estimate of drug-likeness (QED) is 0.451. The molecule has 24 heavy (non-hydrogen) atoms. The van der Waals surface area contributed by atoms with E-state index in [2.05, 4.69) is 9.97 Å². The Morgan fingerprint density at radius 1 is 1.29 bits per heavy atom. The summed E-state index contributed by atoms with van der Waals surface area (Å²) in [4.78, 5) is 34.7. The van der Waals surface area contributed by atoms with Crippen molar-refractivity contribution in [1.82, 2.24) is 20.3 Å². The molecule has 132 valence electrons. The lowest BCUT2D eigenvalue weighted by molar-refractivity contribution is 0.0240. The first kappa shape index (κ1) is 17.9. The molecule has 2 amide bonds. The Kier molecular flexibility index (Phi) is 5.17. The highest BCUT2D eigenvalue weighted by atomic mass is 19.1. The molecule has 1 fully saturated rings. The summed E-state index contributed by atoms with van der Waals surface area (Å²) in [5.74, 6) is 3.53. The molecule has 1 aliphatic heterocycles.